The number of benzene rings is 1. The first kappa shape index (κ1) is 37.4. The van der Waals surface area contributed by atoms with Gasteiger partial charge in [-0.3, -0.25) is 19.4 Å². The van der Waals surface area contributed by atoms with E-state index < -0.39 is 11.6 Å². The van der Waals surface area contributed by atoms with Gasteiger partial charge < -0.3 is 25.8 Å². The van der Waals surface area contributed by atoms with Gasteiger partial charge in [0.2, 0.25) is 17.8 Å². The number of aromatic nitrogens is 2. The first-order valence-electron chi connectivity index (χ1n) is 19.0. The van der Waals surface area contributed by atoms with Crippen LogP contribution in [-0.4, -0.2) is 107 Å². The molecular formula is C37H60F2N8O2. The lowest BCUT2D eigenvalue weighted by Crippen LogP contribution is -2.52. The van der Waals surface area contributed by atoms with E-state index in [9.17, 15) is 18.4 Å². The van der Waals surface area contributed by atoms with Gasteiger partial charge >= 0.3 is 0 Å². The summed E-state index contributed by atoms with van der Waals surface area (Å²) in [6.07, 6.45) is 13.6. The zero-order valence-electron chi connectivity index (χ0n) is 30.2. The molecule has 49 heavy (non-hydrogen) atoms. The maximum atomic E-state index is 13.5. The summed E-state index contributed by atoms with van der Waals surface area (Å²) < 4.78 is 27.1. The van der Waals surface area contributed by atoms with Crippen molar-refractivity contribution in [3.05, 3.63) is 23.8 Å². The van der Waals surface area contributed by atoms with Crippen LogP contribution in [-0.2, 0) is 9.59 Å². The number of amides is 2. The van der Waals surface area contributed by atoms with Crippen LogP contribution in [0.5, 0.6) is 0 Å². The lowest BCUT2D eigenvalue weighted by atomic mass is 9.97. The van der Waals surface area contributed by atoms with Crippen molar-refractivity contribution in [2.75, 3.05) is 44.2 Å². The highest BCUT2D eigenvalue weighted by Crippen LogP contribution is 2.27. The highest BCUT2D eigenvalue weighted by Gasteiger charge is 2.32. The van der Waals surface area contributed by atoms with E-state index in [1.807, 2.05) is 4.90 Å². The van der Waals surface area contributed by atoms with Crippen LogP contribution in [0.2, 0.25) is 0 Å². The Labute approximate surface area is 291 Å². The minimum Gasteiger partial charge on any atom is -0.353 e. The molecule has 4 N–H and O–H groups in total. The molecule has 0 aliphatic carbocycles. The Kier molecular flexibility index (Phi) is 13.7. The smallest absolute Gasteiger partial charge is 0.242 e. The van der Waals surface area contributed by atoms with E-state index in [1.54, 1.807) is 0 Å². The zero-order chi connectivity index (χ0) is 34.9. The molecule has 10 nitrogen and oxygen atoms in total. The Balaban J connectivity index is 0.000000212. The van der Waals surface area contributed by atoms with Gasteiger partial charge in [-0.15, -0.1) is 0 Å². The number of piperidine rings is 4. The number of hydrogen-bond acceptors (Lipinski definition) is 7. The summed E-state index contributed by atoms with van der Waals surface area (Å²) in [5.41, 5.74) is 0.795. The fraction of sp³-hybridized carbons (Fsp3) is 0.757. The van der Waals surface area contributed by atoms with Crippen LogP contribution in [0.15, 0.2) is 12.1 Å². The van der Waals surface area contributed by atoms with Crippen molar-refractivity contribution < 1.29 is 18.4 Å². The Morgan fingerprint density at radius 3 is 1.92 bits per heavy atom. The summed E-state index contributed by atoms with van der Waals surface area (Å²) in [4.78, 5) is 39.4. The van der Waals surface area contributed by atoms with Crippen molar-refractivity contribution in [2.45, 2.75) is 141 Å². The van der Waals surface area contributed by atoms with Gasteiger partial charge in [0.25, 0.3) is 0 Å². The van der Waals surface area contributed by atoms with Crippen molar-refractivity contribution in [1.29, 1.82) is 0 Å². The normalized spacial score (nSPS) is 28.5. The number of carbonyl (C=O) groups excluding carboxylic acids is 2. The number of anilines is 1. The Hall–Kier alpha value is -2.83. The molecule has 1 aromatic carbocycles. The van der Waals surface area contributed by atoms with Crippen LogP contribution in [0, 0.1) is 11.6 Å². The number of likely N-dealkylation sites (tertiary alicyclic amines) is 2. The van der Waals surface area contributed by atoms with E-state index in [2.05, 4.69) is 63.4 Å². The van der Waals surface area contributed by atoms with E-state index in [0.29, 0.717) is 54.2 Å². The molecule has 4 fully saturated rings. The molecule has 274 valence electrons. The van der Waals surface area contributed by atoms with Crippen LogP contribution in [0.4, 0.5) is 14.7 Å². The number of halogens is 2. The summed E-state index contributed by atoms with van der Waals surface area (Å²) in [6.45, 7) is 14.0. The first-order chi connectivity index (χ1) is 23.6. The average Bonchev–Trinajstić information content (AvgIpc) is 3.50. The molecule has 2 aromatic rings. The largest absolute Gasteiger partial charge is 0.353 e. The average molecular weight is 687 g/mol. The van der Waals surface area contributed by atoms with Gasteiger partial charge in [-0.25, -0.2) is 13.8 Å². The molecule has 2 amide bonds. The summed E-state index contributed by atoms with van der Waals surface area (Å²) in [6, 6.07) is 4.34. The maximum Gasteiger partial charge on any atom is 0.242 e. The third-order valence-corrected chi connectivity index (χ3v) is 11.3. The quantitative estimate of drug-likeness (QED) is 0.291. The van der Waals surface area contributed by atoms with Crippen LogP contribution >= 0.6 is 0 Å². The van der Waals surface area contributed by atoms with Gasteiger partial charge in [0.15, 0.2) is 11.6 Å². The minimum atomic E-state index is -0.922. The van der Waals surface area contributed by atoms with E-state index in [-0.39, 0.29) is 23.9 Å². The molecule has 12 heteroatoms. The second-order valence-corrected chi connectivity index (χ2v) is 14.9. The molecule has 0 bridgehead atoms. The number of H-pyrrole nitrogens is 1. The fourth-order valence-electron chi connectivity index (χ4n) is 8.35. The number of nitrogens with zero attached hydrogens (tertiary/aromatic N) is 4. The highest BCUT2D eigenvalue weighted by atomic mass is 19.2. The molecule has 5 heterocycles. The fourth-order valence-corrected chi connectivity index (χ4v) is 8.35. The Morgan fingerprint density at radius 1 is 0.755 bits per heavy atom. The predicted molar refractivity (Wildman–Crippen MR) is 192 cm³/mol. The van der Waals surface area contributed by atoms with Crippen LogP contribution < -0.4 is 20.9 Å². The van der Waals surface area contributed by atoms with Crippen molar-refractivity contribution in [3.8, 4) is 0 Å². The summed E-state index contributed by atoms with van der Waals surface area (Å²) in [5, 5.41) is 9.51. The van der Waals surface area contributed by atoms with Gasteiger partial charge in [0.1, 0.15) is 6.04 Å². The molecule has 4 saturated heterocycles. The molecule has 1 aromatic heterocycles. The molecular weight excluding hydrogens is 626 g/mol. The first-order valence-corrected chi connectivity index (χ1v) is 19.0. The summed E-state index contributed by atoms with van der Waals surface area (Å²) >= 11 is 0. The van der Waals surface area contributed by atoms with E-state index >= 15 is 0 Å². The Morgan fingerprint density at radius 2 is 1.33 bits per heavy atom. The summed E-state index contributed by atoms with van der Waals surface area (Å²) in [7, 11) is 0. The van der Waals surface area contributed by atoms with Crippen molar-refractivity contribution >= 4 is 28.8 Å². The molecule has 6 rings (SSSR count). The van der Waals surface area contributed by atoms with Crippen LogP contribution in [0.3, 0.4) is 0 Å². The van der Waals surface area contributed by atoms with Gasteiger partial charge in [-0.1, -0.05) is 19.3 Å². The highest BCUT2D eigenvalue weighted by molar-refractivity contribution is 5.86. The second-order valence-electron chi connectivity index (χ2n) is 14.9. The third kappa shape index (κ3) is 9.91. The van der Waals surface area contributed by atoms with E-state index in [1.165, 1.54) is 51.4 Å². The van der Waals surface area contributed by atoms with E-state index in [0.717, 1.165) is 64.0 Å². The van der Waals surface area contributed by atoms with Crippen molar-refractivity contribution in [2.24, 2.45) is 0 Å². The van der Waals surface area contributed by atoms with Gasteiger partial charge in [0, 0.05) is 69.0 Å². The zero-order valence-corrected chi connectivity index (χ0v) is 30.2. The lowest BCUT2D eigenvalue weighted by Gasteiger charge is -2.39. The molecule has 0 unspecified atom stereocenters. The number of rotatable bonds is 9. The van der Waals surface area contributed by atoms with Crippen LogP contribution in [0.25, 0.3) is 11.0 Å². The monoisotopic (exact) mass is 686 g/mol. The topological polar surface area (TPSA) is 109 Å². The van der Waals surface area contributed by atoms with E-state index in [4.69, 9.17) is 0 Å². The second kappa shape index (κ2) is 17.9. The summed E-state index contributed by atoms with van der Waals surface area (Å²) in [5.74, 6) is -1.16. The standard InChI is InChI=1S/C22H31F2N5O.C15H29N3O/c1-14-6-5-7-15(2)28(14)11-9-25-21(30)20-8-3-4-10-29(20)22-26-18-12-16(23)17(24)13-19(18)27-22;1-12-6-5-7-13(2)18(12)11-10-17-15(19)14-8-3-4-9-16-14/h12-15,20H,3-11H2,1-2H3,(H,25,30)(H,26,27);12-14,16H,3-11H2,1-2H3,(H,17,19)/t14-,15+,20-;12-,13+,14-/m00/s1. The maximum absolute atomic E-state index is 13.5. The molecule has 0 radical (unpaired) electrons. The Bertz CT molecular complexity index is 1310. The van der Waals surface area contributed by atoms with Crippen molar-refractivity contribution in [1.82, 2.24) is 35.7 Å². The number of nitrogens with one attached hydrogen (secondary N) is 4. The predicted octanol–water partition coefficient (Wildman–Crippen LogP) is 5.09. The SMILES string of the molecule is C[C@@H]1CCC[C@H](C)N1CCNC(=O)[C@@H]1CCCCN1.C[C@@H]1CCC[C@H](C)N1CCNC(=O)[C@@H]1CCCCN1c1nc2cc(F)c(F)cc2[nH]1. The lowest BCUT2D eigenvalue weighted by molar-refractivity contribution is -0.124. The van der Waals surface area contributed by atoms with Gasteiger partial charge in [-0.2, -0.15) is 0 Å². The number of imidazole rings is 1. The molecule has 6 atom stereocenters. The number of aromatic amines is 1. The van der Waals surface area contributed by atoms with Crippen LogP contribution in [0.1, 0.15) is 105 Å². The molecule has 0 spiro atoms. The number of fused-ring (bicyclic) bond motifs is 1. The van der Waals surface area contributed by atoms with Crippen molar-refractivity contribution in [3.63, 3.8) is 0 Å². The molecule has 4 aliphatic rings. The molecule has 0 saturated carbocycles. The van der Waals surface area contributed by atoms with Gasteiger partial charge in [0.05, 0.1) is 17.1 Å². The minimum absolute atomic E-state index is 0.00941. The third-order valence-electron chi connectivity index (χ3n) is 11.3. The number of carbonyl (C=O) groups is 2. The molecule has 4 aliphatic heterocycles. The number of hydrogen-bond donors (Lipinski definition) is 4. The van der Waals surface area contributed by atoms with Gasteiger partial charge in [-0.05, 0) is 92.0 Å².